The highest BCUT2D eigenvalue weighted by molar-refractivity contribution is 5.77. The molecule has 2 rings (SSSR count). The third kappa shape index (κ3) is 4.98. The van der Waals surface area contributed by atoms with E-state index in [2.05, 4.69) is 46.8 Å². The highest BCUT2D eigenvalue weighted by Crippen LogP contribution is 2.03. The normalized spacial score (nSPS) is 10.8. The van der Waals surface area contributed by atoms with Crippen LogP contribution in [0.15, 0.2) is 30.3 Å². The molecule has 6 nitrogen and oxygen atoms in total. The minimum absolute atomic E-state index is 0.0422. The molecular formula is C15H21N5O. The Hall–Kier alpha value is -2.24. The van der Waals surface area contributed by atoms with Crippen molar-refractivity contribution in [3.8, 4) is 0 Å². The van der Waals surface area contributed by atoms with Crippen molar-refractivity contribution < 1.29 is 4.79 Å². The summed E-state index contributed by atoms with van der Waals surface area (Å²) in [7, 11) is 0. The lowest BCUT2D eigenvalue weighted by Crippen LogP contribution is -2.29. The molecule has 0 fully saturated rings. The Kier molecular flexibility index (Phi) is 5.43. The molecule has 1 aromatic heterocycles. The smallest absolute Gasteiger partial charge is 0.227 e. The van der Waals surface area contributed by atoms with E-state index in [1.54, 1.807) is 4.68 Å². The van der Waals surface area contributed by atoms with Gasteiger partial charge < -0.3 is 5.32 Å². The van der Waals surface area contributed by atoms with Gasteiger partial charge in [0.05, 0.1) is 6.42 Å². The number of tetrazole rings is 1. The summed E-state index contributed by atoms with van der Waals surface area (Å²) in [6.45, 7) is 5.46. The number of hydrogen-bond acceptors (Lipinski definition) is 4. The van der Waals surface area contributed by atoms with Gasteiger partial charge in [-0.25, -0.2) is 4.68 Å². The quantitative estimate of drug-likeness (QED) is 0.831. The SMILES string of the molecule is CC(C)CNC(=O)Cc1nnnn1CCc1ccccc1. The summed E-state index contributed by atoms with van der Waals surface area (Å²) in [5.74, 6) is 0.995. The summed E-state index contributed by atoms with van der Waals surface area (Å²) in [5.41, 5.74) is 1.23. The molecule has 1 heterocycles. The molecule has 0 aliphatic heterocycles. The van der Waals surface area contributed by atoms with Crippen molar-refractivity contribution >= 4 is 5.91 Å². The van der Waals surface area contributed by atoms with Gasteiger partial charge in [-0.2, -0.15) is 0 Å². The molecule has 0 aliphatic carbocycles. The van der Waals surface area contributed by atoms with Gasteiger partial charge in [-0.15, -0.1) is 5.10 Å². The molecule has 0 spiro atoms. The number of hydrogen-bond donors (Lipinski definition) is 1. The number of carbonyl (C=O) groups is 1. The molecule has 0 unspecified atom stereocenters. The maximum absolute atomic E-state index is 11.8. The number of benzene rings is 1. The Morgan fingerprint density at radius 1 is 1.29 bits per heavy atom. The van der Waals surface area contributed by atoms with Gasteiger partial charge in [0.15, 0.2) is 5.82 Å². The predicted octanol–water partition coefficient (Wildman–Crippen LogP) is 1.23. The first-order chi connectivity index (χ1) is 10.1. The minimum Gasteiger partial charge on any atom is -0.355 e. The van der Waals surface area contributed by atoms with Crippen LogP contribution in [0.5, 0.6) is 0 Å². The Bertz CT molecular complexity index is 564. The molecule has 1 aromatic carbocycles. The van der Waals surface area contributed by atoms with Gasteiger partial charge in [0.25, 0.3) is 0 Å². The van der Waals surface area contributed by atoms with Gasteiger partial charge in [0.2, 0.25) is 5.91 Å². The zero-order valence-electron chi connectivity index (χ0n) is 12.5. The van der Waals surface area contributed by atoms with E-state index in [0.717, 1.165) is 6.42 Å². The number of aromatic nitrogens is 4. The Balaban J connectivity index is 1.88. The number of rotatable bonds is 7. The fourth-order valence-corrected chi connectivity index (χ4v) is 1.93. The first-order valence-corrected chi connectivity index (χ1v) is 7.21. The molecule has 21 heavy (non-hydrogen) atoms. The lowest BCUT2D eigenvalue weighted by molar-refractivity contribution is -0.120. The van der Waals surface area contributed by atoms with Crippen molar-refractivity contribution in [2.45, 2.75) is 33.2 Å². The standard InChI is InChI=1S/C15H21N5O/c1-12(2)11-16-15(21)10-14-17-18-19-20(14)9-8-13-6-4-3-5-7-13/h3-7,12H,8-11H2,1-2H3,(H,16,21). The van der Waals surface area contributed by atoms with Crippen LogP contribution in [0, 0.1) is 5.92 Å². The average molecular weight is 287 g/mol. The predicted molar refractivity (Wildman–Crippen MR) is 79.5 cm³/mol. The lowest BCUT2D eigenvalue weighted by Gasteiger charge is -2.08. The van der Waals surface area contributed by atoms with E-state index < -0.39 is 0 Å². The second-order valence-electron chi connectivity index (χ2n) is 5.43. The lowest BCUT2D eigenvalue weighted by atomic mass is 10.1. The fourth-order valence-electron chi connectivity index (χ4n) is 1.93. The van der Waals surface area contributed by atoms with Crippen LogP contribution in [0.4, 0.5) is 0 Å². The van der Waals surface area contributed by atoms with Crippen LogP contribution in [0.2, 0.25) is 0 Å². The van der Waals surface area contributed by atoms with Gasteiger partial charge in [-0.05, 0) is 28.3 Å². The highest BCUT2D eigenvalue weighted by atomic mass is 16.1. The van der Waals surface area contributed by atoms with Crippen molar-refractivity contribution in [2.75, 3.05) is 6.54 Å². The van der Waals surface area contributed by atoms with E-state index in [4.69, 9.17) is 0 Å². The molecule has 6 heteroatoms. The summed E-state index contributed by atoms with van der Waals surface area (Å²) < 4.78 is 1.70. The minimum atomic E-state index is -0.0422. The third-order valence-corrected chi connectivity index (χ3v) is 3.09. The molecule has 0 saturated heterocycles. The largest absolute Gasteiger partial charge is 0.355 e. The number of carbonyl (C=O) groups excluding carboxylic acids is 1. The molecule has 112 valence electrons. The molecule has 0 bridgehead atoms. The summed E-state index contributed by atoms with van der Waals surface area (Å²) >= 11 is 0. The van der Waals surface area contributed by atoms with Crippen LogP contribution in [0.1, 0.15) is 25.2 Å². The molecule has 0 aliphatic rings. The van der Waals surface area contributed by atoms with Crippen molar-refractivity contribution in [2.24, 2.45) is 5.92 Å². The Morgan fingerprint density at radius 2 is 2.05 bits per heavy atom. The zero-order valence-corrected chi connectivity index (χ0v) is 12.5. The third-order valence-electron chi connectivity index (χ3n) is 3.09. The van der Waals surface area contributed by atoms with Gasteiger partial charge in [-0.1, -0.05) is 44.2 Å². The summed E-state index contributed by atoms with van der Waals surface area (Å²) in [4.78, 5) is 11.8. The second-order valence-corrected chi connectivity index (χ2v) is 5.43. The number of aryl methyl sites for hydroxylation is 2. The van der Waals surface area contributed by atoms with Crippen LogP contribution in [-0.4, -0.2) is 32.7 Å². The van der Waals surface area contributed by atoms with Crippen LogP contribution < -0.4 is 5.32 Å². The maximum Gasteiger partial charge on any atom is 0.227 e. The molecule has 1 N–H and O–H groups in total. The second kappa shape index (κ2) is 7.52. The molecule has 2 aromatic rings. The van der Waals surface area contributed by atoms with Crippen LogP contribution in [-0.2, 0) is 24.2 Å². The van der Waals surface area contributed by atoms with E-state index in [-0.39, 0.29) is 12.3 Å². The fraction of sp³-hybridized carbons (Fsp3) is 0.467. The summed E-state index contributed by atoms with van der Waals surface area (Å²) in [5, 5.41) is 14.4. The molecule has 0 radical (unpaired) electrons. The van der Waals surface area contributed by atoms with Gasteiger partial charge >= 0.3 is 0 Å². The highest BCUT2D eigenvalue weighted by Gasteiger charge is 2.11. The Morgan fingerprint density at radius 3 is 2.76 bits per heavy atom. The summed E-state index contributed by atoms with van der Waals surface area (Å²) in [6.07, 6.45) is 1.06. The number of amides is 1. The number of nitrogens with zero attached hydrogens (tertiary/aromatic N) is 4. The van der Waals surface area contributed by atoms with E-state index in [1.807, 2.05) is 18.2 Å². The topological polar surface area (TPSA) is 72.7 Å². The zero-order chi connectivity index (χ0) is 15.1. The van der Waals surface area contributed by atoms with Crippen LogP contribution >= 0.6 is 0 Å². The van der Waals surface area contributed by atoms with Gasteiger partial charge in [-0.3, -0.25) is 4.79 Å². The van der Waals surface area contributed by atoms with Crippen molar-refractivity contribution in [3.05, 3.63) is 41.7 Å². The van der Waals surface area contributed by atoms with E-state index in [0.29, 0.717) is 24.8 Å². The molecule has 0 atom stereocenters. The first-order valence-electron chi connectivity index (χ1n) is 7.21. The molecule has 1 amide bonds. The maximum atomic E-state index is 11.8. The molecular weight excluding hydrogens is 266 g/mol. The van der Waals surface area contributed by atoms with E-state index in [9.17, 15) is 4.79 Å². The van der Waals surface area contributed by atoms with E-state index in [1.165, 1.54) is 5.56 Å². The van der Waals surface area contributed by atoms with Crippen LogP contribution in [0.25, 0.3) is 0 Å². The monoisotopic (exact) mass is 287 g/mol. The number of nitrogens with one attached hydrogen (secondary N) is 1. The Labute approximate surface area is 124 Å². The van der Waals surface area contributed by atoms with Crippen molar-refractivity contribution in [1.82, 2.24) is 25.5 Å². The summed E-state index contributed by atoms with van der Waals surface area (Å²) in [6, 6.07) is 10.1. The van der Waals surface area contributed by atoms with E-state index >= 15 is 0 Å². The van der Waals surface area contributed by atoms with Crippen LogP contribution in [0.3, 0.4) is 0 Å². The molecule has 0 saturated carbocycles. The van der Waals surface area contributed by atoms with Crippen molar-refractivity contribution in [1.29, 1.82) is 0 Å². The first kappa shape index (κ1) is 15.2. The van der Waals surface area contributed by atoms with Gasteiger partial charge in [0.1, 0.15) is 0 Å². The van der Waals surface area contributed by atoms with Gasteiger partial charge in [0, 0.05) is 13.1 Å². The van der Waals surface area contributed by atoms with Crippen molar-refractivity contribution in [3.63, 3.8) is 0 Å². The average Bonchev–Trinajstić information content (AvgIpc) is 2.91.